The van der Waals surface area contributed by atoms with Gasteiger partial charge in [-0.3, -0.25) is 4.99 Å². The monoisotopic (exact) mass is 413 g/mol. The van der Waals surface area contributed by atoms with Gasteiger partial charge in [-0.1, -0.05) is 43.2 Å². The Morgan fingerprint density at radius 2 is 1.86 bits per heavy atom. The van der Waals surface area contributed by atoms with Crippen molar-refractivity contribution in [3.8, 4) is 0 Å². The van der Waals surface area contributed by atoms with Crippen molar-refractivity contribution >= 4 is 29.9 Å². The van der Waals surface area contributed by atoms with E-state index in [9.17, 15) is 0 Å². The molecule has 0 aromatic heterocycles. The third-order valence-corrected chi connectivity index (χ3v) is 4.75. The van der Waals surface area contributed by atoms with Crippen LogP contribution in [0.4, 0.5) is 0 Å². The SMILES string of the molecule is CCNC(=NCC1(c2ccccc2)CCCC1)NC1CC1.I. The Labute approximate surface area is 151 Å². The highest BCUT2D eigenvalue weighted by Gasteiger charge is 2.35. The average molecular weight is 413 g/mol. The Morgan fingerprint density at radius 1 is 1.18 bits per heavy atom. The zero-order valence-corrected chi connectivity index (χ0v) is 15.8. The molecule has 3 nitrogen and oxygen atoms in total. The quantitative estimate of drug-likeness (QED) is 0.437. The summed E-state index contributed by atoms with van der Waals surface area (Å²) in [4.78, 5) is 4.92. The van der Waals surface area contributed by atoms with Crippen LogP contribution in [0.1, 0.15) is 51.0 Å². The van der Waals surface area contributed by atoms with Gasteiger partial charge in [-0.05, 0) is 38.2 Å². The Bertz CT molecular complexity index is 476. The van der Waals surface area contributed by atoms with Crippen LogP contribution in [0.2, 0.25) is 0 Å². The summed E-state index contributed by atoms with van der Waals surface area (Å²) in [5, 5.41) is 6.91. The van der Waals surface area contributed by atoms with E-state index in [1.807, 2.05) is 0 Å². The van der Waals surface area contributed by atoms with Gasteiger partial charge >= 0.3 is 0 Å². The summed E-state index contributed by atoms with van der Waals surface area (Å²) in [6.07, 6.45) is 7.77. The molecule has 2 saturated carbocycles. The Morgan fingerprint density at radius 3 is 2.45 bits per heavy atom. The zero-order chi connectivity index (χ0) is 14.5. The van der Waals surface area contributed by atoms with Crippen molar-refractivity contribution in [2.45, 2.75) is 56.9 Å². The van der Waals surface area contributed by atoms with Gasteiger partial charge in [-0.2, -0.15) is 0 Å². The topological polar surface area (TPSA) is 36.4 Å². The number of rotatable bonds is 5. The molecule has 2 aliphatic rings. The van der Waals surface area contributed by atoms with Crippen LogP contribution in [0.15, 0.2) is 35.3 Å². The van der Waals surface area contributed by atoms with Crippen LogP contribution in [0.3, 0.4) is 0 Å². The number of nitrogens with zero attached hydrogens (tertiary/aromatic N) is 1. The molecular formula is C18H28IN3. The molecule has 0 radical (unpaired) electrons. The van der Waals surface area contributed by atoms with E-state index < -0.39 is 0 Å². The highest BCUT2D eigenvalue weighted by atomic mass is 127. The number of hydrogen-bond donors (Lipinski definition) is 2. The van der Waals surface area contributed by atoms with E-state index in [0.717, 1.165) is 19.0 Å². The summed E-state index contributed by atoms with van der Waals surface area (Å²) in [5.41, 5.74) is 1.72. The molecule has 0 unspecified atom stereocenters. The van der Waals surface area contributed by atoms with Crippen molar-refractivity contribution in [1.82, 2.24) is 10.6 Å². The van der Waals surface area contributed by atoms with E-state index in [-0.39, 0.29) is 29.4 Å². The van der Waals surface area contributed by atoms with Crippen LogP contribution < -0.4 is 10.6 Å². The van der Waals surface area contributed by atoms with Gasteiger partial charge in [0.25, 0.3) is 0 Å². The lowest BCUT2D eigenvalue weighted by molar-refractivity contribution is 0.452. The third-order valence-electron chi connectivity index (χ3n) is 4.75. The first kappa shape index (κ1) is 17.6. The van der Waals surface area contributed by atoms with Gasteiger partial charge in [0.1, 0.15) is 0 Å². The van der Waals surface area contributed by atoms with Gasteiger partial charge < -0.3 is 10.6 Å². The fourth-order valence-corrected chi connectivity index (χ4v) is 3.35. The maximum Gasteiger partial charge on any atom is 0.191 e. The van der Waals surface area contributed by atoms with E-state index in [2.05, 4.69) is 47.9 Å². The largest absolute Gasteiger partial charge is 0.357 e. The molecule has 0 saturated heterocycles. The van der Waals surface area contributed by atoms with Crippen LogP contribution in [0, 0.1) is 0 Å². The van der Waals surface area contributed by atoms with Crippen molar-refractivity contribution in [3.63, 3.8) is 0 Å². The molecule has 0 bridgehead atoms. The lowest BCUT2D eigenvalue weighted by Crippen LogP contribution is -2.40. The first-order valence-corrected chi connectivity index (χ1v) is 8.43. The molecule has 3 rings (SSSR count). The van der Waals surface area contributed by atoms with E-state index in [1.54, 1.807) is 0 Å². The lowest BCUT2D eigenvalue weighted by atomic mass is 9.79. The third kappa shape index (κ3) is 4.37. The minimum absolute atomic E-state index is 0. The van der Waals surface area contributed by atoms with E-state index in [1.165, 1.54) is 44.1 Å². The van der Waals surface area contributed by atoms with Gasteiger partial charge in [-0.15, -0.1) is 24.0 Å². The molecule has 0 atom stereocenters. The average Bonchev–Trinajstić information content (AvgIpc) is 3.21. The van der Waals surface area contributed by atoms with Crippen molar-refractivity contribution in [3.05, 3.63) is 35.9 Å². The van der Waals surface area contributed by atoms with Crippen LogP contribution in [-0.4, -0.2) is 25.1 Å². The number of hydrogen-bond acceptors (Lipinski definition) is 1. The summed E-state index contributed by atoms with van der Waals surface area (Å²) < 4.78 is 0. The fourth-order valence-electron chi connectivity index (χ4n) is 3.35. The summed E-state index contributed by atoms with van der Waals surface area (Å²) in [7, 11) is 0. The summed E-state index contributed by atoms with van der Waals surface area (Å²) >= 11 is 0. The van der Waals surface area contributed by atoms with Crippen molar-refractivity contribution in [2.24, 2.45) is 4.99 Å². The number of nitrogens with one attached hydrogen (secondary N) is 2. The molecule has 2 N–H and O–H groups in total. The van der Waals surface area contributed by atoms with E-state index >= 15 is 0 Å². The molecule has 0 spiro atoms. The molecule has 1 aromatic rings. The Hall–Kier alpha value is -0.780. The van der Waals surface area contributed by atoms with Gasteiger partial charge in [0, 0.05) is 18.0 Å². The predicted molar refractivity (Wildman–Crippen MR) is 104 cm³/mol. The number of guanidine groups is 1. The highest BCUT2D eigenvalue weighted by molar-refractivity contribution is 14.0. The standard InChI is InChI=1S/C18H27N3.HI/c1-2-19-17(21-16-10-11-16)20-14-18(12-6-7-13-18)15-8-4-3-5-9-15;/h3-5,8-9,16H,2,6-7,10-14H2,1H3,(H2,19,20,21);1H. The Kier molecular flexibility index (Phi) is 6.53. The second-order valence-electron chi connectivity index (χ2n) is 6.47. The number of benzene rings is 1. The molecule has 4 heteroatoms. The van der Waals surface area contributed by atoms with Crippen molar-refractivity contribution in [1.29, 1.82) is 0 Å². The van der Waals surface area contributed by atoms with Crippen LogP contribution in [0.5, 0.6) is 0 Å². The minimum atomic E-state index is 0. The first-order valence-electron chi connectivity index (χ1n) is 8.43. The molecule has 0 aliphatic heterocycles. The minimum Gasteiger partial charge on any atom is -0.357 e. The Balaban J connectivity index is 0.00000176. The molecule has 0 amide bonds. The van der Waals surface area contributed by atoms with Crippen LogP contribution in [0.25, 0.3) is 0 Å². The van der Waals surface area contributed by atoms with Gasteiger partial charge in [0.2, 0.25) is 0 Å². The number of halogens is 1. The molecular weight excluding hydrogens is 385 g/mol. The normalized spacial score (nSPS) is 20.3. The lowest BCUT2D eigenvalue weighted by Gasteiger charge is -2.28. The summed E-state index contributed by atoms with van der Waals surface area (Å²) in [5.74, 6) is 1.00. The van der Waals surface area contributed by atoms with Gasteiger partial charge in [0.15, 0.2) is 5.96 Å². The zero-order valence-electron chi connectivity index (χ0n) is 13.5. The molecule has 2 fully saturated rings. The summed E-state index contributed by atoms with van der Waals surface area (Å²) in [6, 6.07) is 11.6. The fraction of sp³-hybridized carbons (Fsp3) is 0.611. The molecule has 122 valence electrons. The highest BCUT2D eigenvalue weighted by Crippen LogP contribution is 2.41. The molecule has 0 heterocycles. The van der Waals surface area contributed by atoms with E-state index in [4.69, 9.17) is 4.99 Å². The number of aliphatic imine (C=N–C) groups is 1. The van der Waals surface area contributed by atoms with Gasteiger partial charge in [-0.25, -0.2) is 0 Å². The summed E-state index contributed by atoms with van der Waals surface area (Å²) in [6.45, 7) is 3.96. The second-order valence-corrected chi connectivity index (χ2v) is 6.47. The smallest absolute Gasteiger partial charge is 0.191 e. The second kappa shape index (κ2) is 8.18. The van der Waals surface area contributed by atoms with E-state index in [0.29, 0.717) is 6.04 Å². The molecule has 2 aliphatic carbocycles. The van der Waals surface area contributed by atoms with Crippen molar-refractivity contribution in [2.75, 3.05) is 13.1 Å². The van der Waals surface area contributed by atoms with Crippen LogP contribution in [-0.2, 0) is 5.41 Å². The maximum absolute atomic E-state index is 4.92. The van der Waals surface area contributed by atoms with Crippen LogP contribution >= 0.6 is 24.0 Å². The predicted octanol–water partition coefficient (Wildman–Crippen LogP) is 3.83. The first-order chi connectivity index (χ1) is 10.3. The van der Waals surface area contributed by atoms with Crippen molar-refractivity contribution < 1.29 is 0 Å². The molecule has 22 heavy (non-hydrogen) atoms. The molecule has 1 aromatic carbocycles. The maximum atomic E-state index is 4.92. The van der Waals surface area contributed by atoms with Gasteiger partial charge in [0.05, 0.1) is 6.54 Å².